The van der Waals surface area contributed by atoms with Gasteiger partial charge in [0.05, 0.1) is 12.2 Å². The molecule has 126 valence electrons. The fourth-order valence-corrected chi connectivity index (χ4v) is 2.66. The summed E-state index contributed by atoms with van der Waals surface area (Å²) >= 11 is 0. The zero-order valence-electron chi connectivity index (χ0n) is 14.0. The van der Waals surface area contributed by atoms with E-state index in [1.165, 1.54) is 13.0 Å². The molecule has 1 aliphatic rings. The van der Waals surface area contributed by atoms with Gasteiger partial charge in [0, 0.05) is 25.2 Å². The second-order valence-corrected chi connectivity index (χ2v) is 5.80. The number of halogens is 1. The van der Waals surface area contributed by atoms with Gasteiger partial charge in [-0.2, -0.15) is 0 Å². The number of aromatic nitrogens is 1. The Bertz CT molecular complexity index is 469. The lowest BCUT2D eigenvalue weighted by Crippen LogP contribution is -2.40. The first-order valence-corrected chi connectivity index (χ1v) is 7.72. The van der Waals surface area contributed by atoms with E-state index in [1.807, 2.05) is 13.8 Å². The molecule has 1 aromatic rings. The predicted octanol–water partition coefficient (Wildman–Crippen LogP) is 1.92. The van der Waals surface area contributed by atoms with E-state index in [-0.39, 0.29) is 24.0 Å². The van der Waals surface area contributed by atoms with Crippen molar-refractivity contribution in [1.82, 2.24) is 20.7 Å². The predicted molar refractivity (Wildman–Crippen MR) is 99.8 cm³/mol. The highest BCUT2D eigenvalue weighted by molar-refractivity contribution is 14.0. The monoisotopic (exact) mass is 421 g/mol. The molecular formula is C15H28IN5O. The van der Waals surface area contributed by atoms with Crippen molar-refractivity contribution in [3.63, 3.8) is 0 Å². The van der Waals surface area contributed by atoms with Crippen molar-refractivity contribution in [2.45, 2.75) is 33.7 Å². The van der Waals surface area contributed by atoms with Gasteiger partial charge >= 0.3 is 0 Å². The summed E-state index contributed by atoms with van der Waals surface area (Å²) in [5.74, 6) is 2.43. The molecule has 0 aromatic carbocycles. The van der Waals surface area contributed by atoms with Gasteiger partial charge in [-0.1, -0.05) is 5.16 Å². The van der Waals surface area contributed by atoms with Crippen molar-refractivity contribution in [3.8, 4) is 0 Å². The average Bonchev–Trinajstić information content (AvgIpc) is 3.00. The third-order valence-corrected chi connectivity index (χ3v) is 3.97. The van der Waals surface area contributed by atoms with Crippen LogP contribution in [-0.4, -0.2) is 49.2 Å². The lowest BCUT2D eigenvalue weighted by molar-refractivity contribution is 0.392. The maximum atomic E-state index is 5.18. The van der Waals surface area contributed by atoms with Gasteiger partial charge in [0.25, 0.3) is 0 Å². The fraction of sp³-hybridized carbons (Fsp3) is 0.733. The molecule has 7 heteroatoms. The molecule has 0 bridgehead atoms. The topological polar surface area (TPSA) is 65.7 Å². The lowest BCUT2D eigenvalue weighted by atomic mass is 10.1. The minimum absolute atomic E-state index is 0. The van der Waals surface area contributed by atoms with Crippen molar-refractivity contribution in [1.29, 1.82) is 0 Å². The number of hydrogen-bond donors (Lipinski definition) is 2. The second kappa shape index (κ2) is 9.34. The molecule has 2 rings (SSSR count). The van der Waals surface area contributed by atoms with Crippen LogP contribution in [0.4, 0.5) is 0 Å². The molecule has 2 N–H and O–H groups in total. The van der Waals surface area contributed by atoms with Crippen LogP contribution in [0, 0.1) is 19.8 Å². The smallest absolute Gasteiger partial charge is 0.191 e. The summed E-state index contributed by atoms with van der Waals surface area (Å²) in [7, 11) is 2.18. The van der Waals surface area contributed by atoms with Gasteiger partial charge in [-0.25, -0.2) is 4.99 Å². The number of aliphatic imine (C=N–C) groups is 1. The van der Waals surface area contributed by atoms with Gasteiger partial charge in [-0.15, -0.1) is 24.0 Å². The van der Waals surface area contributed by atoms with E-state index in [1.54, 1.807) is 0 Å². The van der Waals surface area contributed by atoms with Crippen LogP contribution in [0.5, 0.6) is 0 Å². The van der Waals surface area contributed by atoms with E-state index in [0.29, 0.717) is 12.5 Å². The van der Waals surface area contributed by atoms with Crippen molar-refractivity contribution in [2.75, 3.05) is 33.2 Å². The number of nitrogens with one attached hydrogen (secondary N) is 2. The number of nitrogens with zero attached hydrogens (tertiary/aromatic N) is 3. The van der Waals surface area contributed by atoms with Crippen LogP contribution in [0.3, 0.4) is 0 Å². The normalized spacial score (nSPS) is 19.1. The van der Waals surface area contributed by atoms with Crippen LogP contribution < -0.4 is 10.6 Å². The number of rotatable bonds is 5. The van der Waals surface area contributed by atoms with Crippen LogP contribution in [0.25, 0.3) is 0 Å². The zero-order chi connectivity index (χ0) is 15.2. The van der Waals surface area contributed by atoms with Gasteiger partial charge in [0.1, 0.15) is 5.76 Å². The summed E-state index contributed by atoms with van der Waals surface area (Å²) in [6, 6.07) is 0. The molecule has 0 amide bonds. The quantitative estimate of drug-likeness (QED) is 0.432. The van der Waals surface area contributed by atoms with Crippen LogP contribution in [0.2, 0.25) is 0 Å². The maximum Gasteiger partial charge on any atom is 0.191 e. The van der Waals surface area contributed by atoms with E-state index in [0.717, 1.165) is 42.6 Å². The molecule has 6 nitrogen and oxygen atoms in total. The SMILES string of the molecule is CCNC(=NCc1c(C)noc1C)NCC1CCN(C)C1.I. The first-order valence-electron chi connectivity index (χ1n) is 7.72. The molecule has 22 heavy (non-hydrogen) atoms. The average molecular weight is 421 g/mol. The Balaban J connectivity index is 0.00000242. The van der Waals surface area contributed by atoms with Gasteiger partial charge in [-0.05, 0) is 46.7 Å². The van der Waals surface area contributed by atoms with Gasteiger partial charge in [0.15, 0.2) is 5.96 Å². The second-order valence-electron chi connectivity index (χ2n) is 5.80. The number of guanidine groups is 1. The largest absolute Gasteiger partial charge is 0.361 e. The Morgan fingerprint density at radius 2 is 2.18 bits per heavy atom. The third-order valence-electron chi connectivity index (χ3n) is 3.97. The highest BCUT2D eigenvalue weighted by Crippen LogP contribution is 2.14. The highest BCUT2D eigenvalue weighted by Gasteiger charge is 2.19. The Kier molecular flexibility index (Phi) is 8.16. The molecule has 1 aromatic heterocycles. The van der Waals surface area contributed by atoms with E-state index in [4.69, 9.17) is 4.52 Å². The Hall–Kier alpha value is -0.830. The van der Waals surface area contributed by atoms with Gasteiger partial charge < -0.3 is 20.1 Å². The molecule has 0 radical (unpaired) electrons. The Morgan fingerprint density at radius 3 is 2.73 bits per heavy atom. The molecule has 1 aliphatic heterocycles. The molecule has 1 fully saturated rings. The lowest BCUT2D eigenvalue weighted by Gasteiger charge is -2.15. The van der Waals surface area contributed by atoms with Crippen molar-refractivity contribution in [2.24, 2.45) is 10.9 Å². The van der Waals surface area contributed by atoms with E-state index in [2.05, 4.69) is 39.7 Å². The van der Waals surface area contributed by atoms with Crippen molar-refractivity contribution >= 4 is 29.9 Å². The number of aryl methyl sites for hydroxylation is 2. The van der Waals surface area contributed by atoms with Gasteiger partial charge in [0.2, 0.25) is 0 Å². The van der Waals surface area contributed by atoms with E-state index in [9.17, 15) is 0 Å². The Morgan fingerprint density at radius 1 is 1.41 bits per heavy atom. The summed E-state index contributed by atoms with van der Waals surface area (Å²) in [5, 5.41) is 10.7. The molecule has 0 saturated carbocycles. The highest BCUT2D eigenvalue weighted by atomic mass is 127. The molecule has 0 spiro atoms. The van der Waals surface area contributed by atoms with Crippen LogP contribution in [0.15, 0.2) is 9.52 Å². The standard InChI is InChI=1S/C15H27N5O.HI/c1-5-16-15(17-8-13-6-7-20(4)10-13)18-9-14-11(2)19-21-12(14)3;/h13H,5-10H2,1-4H3,(H2,16,17,18);1H. The molecular weight excluding hydrogens is 393 g/mol. The first kappa shape index (κ1) is 19.2. The minimum atomic E-state index is 0. The summed E-state index contributed by atoms with van der Waals surface area (Å²) in [6.07, 6.45) is 1.26. The summed E-state index contributed by atoms with van der Waals surface area (Å²) in [5.41, 5.74) is 2.00. The maximum absolute atomic E-state index is 5.18. The Labute approximate surface area is 150 Å². The summed E-state index contributed by atoms with van der Waals surface area (Å²) in [6.45, 7) is 10.7. The zero-order valence-corrected chi connectivity index (χ0v) is 16.3. The number of hydrogen-bond acceptors (Lipinski definition) is 4. The first-order chi connectivity index (χ1) is 10.1. The van der Waals surface area contributed by atoms with Crippen molar-refractivity contribution in [3.05, 3.63) is 17.0 Å². The molecule has 1 atom stereocenters. The third kappa shape index (κ3) is 5.42. The van der Waals surface area contributed by atoms with E-state index >= 15 is 0 Å². The van der Waals surface area contributed by atoms with Crippen LogP contribution in [0.1, 0.15) is 30.4 Å². The van der Waals surface area contributed by atoms with Crippen molar-refractivity contribution < 1.29 is 4.52 Å². The molecule has 1 unspecified atom stereocenters. The molecule has 0 aliphatic carbocycles. The summed E-state index contributed by atoms with van der Waals surface area (Å²) in [4.78, 5) is 7.01. The summed E-state index contributed by atoms with van der Waals surface area (Å²) < 4.78 is 5.18. The van der Waals surface area contributed by atoms with E-state index < -0.39 is 0 Å². The minimum Gasteiger partial charge on any atom is -0.361 e. The molecule has 1 saturated heterocycles. The number of likely N-dealkylation sites (tertiary alicyclic amines) is 1. The van der Waals surface area contributed by atoms with Crippen LogP contribution >= 0.6 is 24.0 Å². The fourth-order valence-electron chi connectivity index (χ4n) is 2.66. The van der Waals surface area contributed by atoms with Crippen LogP contribution in [-0.2, 0) is 6.54 Å². The molecule has 2 heterocycles. The van der Waals surface area contributed by atoms with Gasteiger partial charge in [-0.3, -0.25) is 0 Å².